The zero-order chi connectivity index (χ0) is 26.2. The van der Waals surface area contributed by atoms with Crippen molar-refractivity contribution in [1.29, 1.82) is 0 Å². The van der Waals surface area contributed by atoms with Gasteiger partial charge in [0.2, 0.25) is 11.8 Å². The molecule has 0 saturated carbocycles. The average molecular weight is 490 g/mol. The number of hydrogen-bond donors (Lipinski definition) is 1. The van der Waals surface area contributed by atoms with Crippen LogP contribution in [0.5, 0.6) is 0 Å². The molecule has 3 aromatic rings. The lowest BCUT2D eigenvalue weighted by molar-refractivity contribution is -0.134. The average Bonchev–Trinajstić information content (AvgIpc) is 2.86. The summed E-state index contributed by atoms with van der Waals surface area (Å²) in [5, 5.41) is 2.96. The predicted molar refractivity (Wildman–Crippen MR) is 144 cm³/mol. The van der Waals surface area contributed by atoms with Gasteiger partial charge in [0.05, 0.1) is 5.92 Å². The van der Waals surface area contributed by atoms with Gasteiger partial charge >= 0.3 is 0 Å². The van der Waals surface area contributed by atoms with Crippen LogP contribution in [0.25, 0.3) is 0 Å². The van der Waals surface area contributed by atoms with Crippen molar-refractivity contribution in [3.8, 4) is 0 Å². The summed E-state index contributed by atoms with van der Waals surface area (Å²) in [6, 6.07) is 21.8. The summed E-state index contributed by atoms with van der Waals surface area (Å²) in [6.45, 7) is 6.40. The highest BCUT2D eigenvalue weighted by molar-refractivity contribution is 5.92. The van der Waals surface area contributed by atoms with E-state index in [0.29, 0.717) is 25.2 Å². The minimum absolute atomic E-state index is 0.00866. The van der Waals surface area contributed by atoms with Crippen LogP contribution >= 0.6 is 0 Å². The van der Waals surface area contributed by atoms with Gasteiger partial charge in [-0.2, -0.15) is 0 Å². The Morgan fingerprint density at radius 3 is 2.17 bits per heavy atom. The maximum Gasteiger partial charge on any atom is 0.230 e. The zero-order valence-electron chi connectivity index (χ0n) is 21.8. The van der Waals surface area contributed by atoms with Gasteiger partial charge in [-0.25, -0.2) is 4.39 Å². The van der Waals surface area contributed by atoms with Crippen molar-refractivity contribution in [2.24, 2.45) is 5.92 Å². The number of nitrogens with zero attached hydrogens (tertiary/aromatic N) is 2. The van der Waals surface area contributed by atoms with E-state index in [-0.39, 0.29) is 29.5 Å². The van der Waals surface area contributed by atoms with Crippen LogP contribution in [0.2, 0.25) is 0 Å². The number of rotatable bonds is 10. The number of anilines is 2. The van der Waals surface area contributed by atoms with Crippen molar-refractivity contribution in [1.82, 2.24) is 4.90 Å². The normalized spacial score (nSPS) is 11.8. The molecule has 190 valence electrons. The lowest BCUT2D eigenvalue weighted by atomic mass is 9.94. The molecule has 0 aromatic heterocycles. The first-order valence-electron chi connectivity index (χ1n) is 12.4. The Hall–Kier alpha value is -3.67. The molecule has 0 bridgehead atoms. The molecule has 0 aliphatic heterocycles. The number of carbonyl (C=O) groups excluding carboxylic acids is 2. The van der Waals surface area contributed by atoms with Crippen LogP contribution in [0.3, 0.4) is 0 Å². The van der Waals surface area contributed by atoms with E-state index >= 15 is 0 Å². The summed E-state index contributed by atoms with van der Waals surface area (Å²) in [5.74, 6) is -0.800. The third-order valence-corrected chi connectivity index (χ3v) is 6.22. The van der Waals surface area contributed by atoms with Gasteiger partial charge in [-0.1, -0.05) is 63.2 Å². The largest absolute Gasteiger partial charge is 0.377 e. The second-order valence-corrected chi connectivity index (χ2v) is 9.57. The molecule has 0 spiro atoms. The third-order valence-electron chi connectivity index (χ3n) is 6.22. The van der Waals surface area contributed by atoms with Gasteiger partial charge in [0, 0.05) is 44.5 Å². The molecule has 2 amide bonds. The van der Waals surface area contributed by atoms with E-state index in [9.17, 15) is 14.0 Å². The van der Waals surface area contributed by atoms with Gasteiger partial charge in [0.1, 0.15) is 5.82 Å². The number of hydrogen-bond acceptors (Lipinski definition) is 3. The van der Waals surface area contributed by atoms with Crippen molar-refractivity contribution in [3.05, 3.63) is 95.3 Å². The molecule has 5 nitrogen and oxygen atoms in total. The molecule has 0 aliphatic carbocycles. The molecule has 0 heterocycles. The van der Waals surface area contributed by atoms with Crippen molar-refractivity contribution in [3.63, 3.8) is 0 Å². The lowest BCUT2D eigenvalue weighted by Gasteiger charge is -2.29. The maximum absolute atomic E-state index is 14.0. The summed E-state index contributed by atoms with van der Waals surface area (Å²) in [7, 11) is 3.91. The smallest absolute Gasteiger partial charge is 0.230 e. The summed E-state index contributed by atoms with van der Waals surface area (Å²) in [4.78, 5) is 30.1. The van der Waals surface area contributed by atoms with Crippen LogP contribution in [0.1, 0.15) is 49.8 Å². The first-order chi connectivity index (χ1) is 17.2. The summed E-state index contributed by atoms with van der Waals surface area (Å²) in [6.07, 6.45) is 0.661. The van der Waals surface area contributed by atoms with Gasteiger partial charge in [-0.3, -0.25) is 9.59 Å². The minimum atomic E-state index is -0.309. The first kappa shape index (κ1) is 26.9. The Balaban J connectivity index is 2.00. The van der Waals surface area contributed by atoms with E-state index in [2.05, 4.69) is 5.32 Å². The molecular formula is C30H36FN3O2. The molecule has 0 saturated heterocycles. The predicted octanol–water partition coefficient (Wildman–Crippen LogP) is 6.21. The van der Waals surface area contributed by atoms with Crippen LogP contribution in [-0.2, 0) is 22.7 Å². The number of nitrogens with one attached hydrogen (secondary N) is 1. The van der Waals surface area contributed by atoms with Crippen LogP contribution in [0.15, 0.2) is 72.8 Å². The van der Waals surface area contributed by atoms with Crippen molar-refractivity contribution in [2.75, 3.05) is 24.3 Å². The van der Waals surface area contributed by atoms with E-state index in [1.807, 2.05) is 93.2 Å². The molecule has 6 heteroatoms. The topological polar surface area (TPSA) is 52.7 Å². The molecule has 1 unspecified atom stereocenters. The number of halogens is 1. The standard InChI is InChI=1S/C30H36FN3O2/c1-6-27(23-10-8-7-9-11-23)30(36)34(19-22-12-14-25(31)15-13-22)20-24-18-26(32-29(35)21(2)3)16-17-28(24)33(4)5/h7-18,21,27H,6,19-20H2,1-5H3,(H,32,35). The van der Waals surface area contributed by atoms with E-state index in [1.165, 1.54) is 12.1 Å². The highest BCUT2D eigenvalue weighted by atomic mass is 19.1. The molecule has 1 N–H and O–H groups in total. The first-order valence-corrected chi connectivity index (χ1v) is 12.4. The highest BCUT2D eigenvalue weighted by Gasteiger charge is 2.26. The maximum atomic E-state index is 14.0. The number of carbonyl (C=O) groups is 2. The van der Waals surface area contributed by atoms with E-state index in [0.717, 1.165) is 22.4 Å². The molecule has 1 atom stereocenters. The molecule has 3 aromatic carbocycles. The van der Waals surface area contributed by atoms with Crippen molar-refractivity contribution >= 4 is 23.2 Å². The Kier molecular flexibility index (Phi) is 9.23. The highest BCUT2D eigenvalue weighted by Crippen LogP contribution is 2.29. The summed E-state index contributed by atoms with van der Waals surface area (Å²) >= 11 is 0. The van der Waals surface area contributed by atoms with Crippen LogP contribution in [0.4, 0.5) is 15.8 Å². The van der Waals surface area contributed by atoms with Gasteiger partial charge in [0.15, 0.2) is 0 Å². The fraction of sp³-hybridized carbons (Fsp3) is 0.333. The van der Waals surface area contributed by atoms with Crippen molar-refractivity contribution in [2.45, 2.75) is 46.2 Å². The summed E-state index contributed by atoms with van der Waals surface area (Å²) < 4.78 is 13.6. The van der Waals surface area contributed by atoms with Gasteiger partial charge in [-0.05, 0) is 53.4 Å². The monoisotopic (exact) mass is 489 g/mol. The van der Waals surface area contributed by atoms with Crippen LogP contribution in [-0.4, -0.2) is 30.8 Å². The molecule has 0 aliphatic rings. The van der Waals surface area contributed by atoms with E-state index in [1.54, 1.807) is 12.1 Å². The fourth-order valence-corrected chi connectivity index (χ4v) is 4.20. The molecule has 3 rings (SSSR count). The van der Waals surface area contributed by atoms with Crippen molar-refractivity contribution < 1.29 is 14.0 Å². The van der Waals surface area contributed by atoms with Gasteiger partial charge < -0.3 is 15.1 Å². The molecule has 0 fully saturated rings. The van der Waals surface area contributed by atoms with Gasteiger partial charge in [-0.15, -0.1) is 0 Å². The number of benzene rings is 3. The second-order valence-electron chi connectivity index (χ2n) is 9.57. The van der Waals surface area contributed by atoms with Crippen LogP contribution in [0, 0.1) is 11.7 Å². The Morgan fingerprint density at radius 2 is 1.58 bits per heavy atom. The van der Waals surface area contributed by atoms with E-state index < -0.39 is 0 Å². The summed E-state index contributed by atoms with van der Waals surface area (Å²) in [5.41, 5.74) is 4.39. The Labute approximate surface area is 213 Å². The Bertz CT molecular complexity index is 1160. The lowest BCUT2D eigenvalue weighted by Crippen LogP contribution is -2.34. The quantitative estimate of drug-likeness (QED) is 0.368. The Morgan fingerprint density at radius 1 is 0.917 bits per heavy atom. The van der Waals surface area contributed by atoms with E-state index in [4.69, 9.17) is 0 Å². The van der Waals surface area contributed by atoms with Gasteiger partial charge in [0.25, 0.3) is 0 Å². The molecule has 36 heavy (non-hydrogen) atoms. The minimum Gasteiger partial charge on any atom is -0.377 e. The molecular weight excluding hydrogens is 453 g/mol. The van der Waals surface area contributed by atoms with Crippen LogP contribution < -0.4 is 10.2 Å². The SMILES string of the molecule is CCC(C(=O)N(Cc1ccc(F)cc1)Cc1cc(NC(=O)C(C)C)ccc1N(C)C)c1ccccc1. The number of amides is 2. The second kappa shape index (κ2) is 12.3. The zero-order valence-corrected chi connectivity index (χ0v) is 21.8. The third kappa shape index (κ3) is 6.94. The fourth-order valence-electron chi connectivity index (χ4n) is 4.20. The molecule has 0 radical (unpaired) electrons.